The Bertz CT molecular complexity index is 441. The second kappa shape index (κ2) is 5.92. The molecule has 0 aromatic carbocycles. The average Bonchev–Trinajstić information content (AvgIpc) is 2.76. The third-order valence-electron chi connectivity index (χ3n) is 3.72. The van der Waals surface area contributed by atoms with Crippen molar-refractivity contribution in [3.63, 3.8) is 0 Å². The van der Waals surface area contributed by atoms with Crippen molar-refractivity contribution >= 4 is 15.9 Å². The Balaban J connectivity index is 1.79. The highest BCUT2D eigenvalue weighted by atomic mass is 32.2. The molecule has 1 unspecified atom stereocenters. The predicted molar refractivity (Wildman–Crippen MR) is 73.8 cm³/mol. The van der Waals surface area contributed by atoms with Crippen LogP contribution in [0.3, 0.4) is 0 Å². The van der Waals surface area contributed by atoms with Crippen molar-refractivity contribution in [3.8, 4) is 0 Å². The smallest absolute Gasteiger partial charge is 0.317 e. The van der Waals surface area contributed by atoms with Gasteiger partial charge in [0.15, 0.2) is 9.84 Å². The maximum atomic E-state index is 11.7. The number of carbonyl (C=O) groups excluding carboxylic acids is 1. The first-order chi connectivity index (χ1) is 9.02. The number of carbonyl (C=O) groups is 1. The highest BCUT2D eigenvalue weighted by molar-refractivity contribution is 7.91. The summed E-state index contributed by atoms with van der Waals surface area (Å²) in [4.78, 5) is 15.7. The summed E-state index contributed by atoms with van der Waals surface area (Å²) in [5.41, 5.74) is 0. The summed E-state index contributed by atoms with van der Waals surface area (Å²) >= 11 is 0. The molecule has 0 aromatic rings. The van der Waals surface area contributed by atoms with E-state index >= 15 is 0 Å². The minimum absolute atomic E-state index is 0.0707. The lowest BCUT2D eigenvalue weighted by Crippen LogP contribution is -2.54. The lowest BCUT2D eigenvalue weighted by atomic mass is 10.2. The van der Waals surface area contributed by atoms with Gasteiger partial charge in [-0.3, -0.25) is 4.90 Å². The molecule has 2 aliphatic heterocycles. The van der Waals surface area contributed by atoms with Gasteiger partial charge in [0.05, 0.1) is 11.5 Å². The molecule has 0 bridgehead atoms. The second-order valence-corrected chi connectivity index (χ2v) is 7.28. The van der Waals surface area contributed by atoms with Crippen LogP contribution in [0.25, 0.3) is 0 Å². The fourth-order valence-electron chi connectivity index (χ4n) is 2.62. The van der Waals surface area contributed by atoms with E-state index in [1.165, 1.54) is 0 Å². The molecule has 1 N–H and O–H groups in total. The number of nitrogens with zero attached hydrogens (tertiary/aromatic N) is 2. The first-order valence-corrected chi connectivity index (χ1v) is 8.42. The summed E-state index contributed by atoms with van der Waals surface area (Å²) in [7, 11) is -2.83. The van der Waals surface area contributed by atoms with E-state index in [9.17, 15) is 13.2 Å². The van der Waals surface area contributed by atoms with E-state index in [1.807, 2.05) is 0 Å². The van der Waals surface area contributed by atoms with E-state index in [-0.39, 0.29) is 17.8 Å². The maximum Gasteiger partial charge on any atom is 0.317 e. The van der Waals surface area contributed by atoms with Crippen LogP contribution < -0.4 is 5.32 Å². The van der Waals surface area contributed by atoms with Crippen molar-refractivity contribution in [1.82, 2.24) is 15.1 Å². The number of hydrogen-bond donors (Lipinski definition) is 1. The Kier molecular flexibility index (Phi) is 4.46. The van der Waals surface area contributed by atoms with Crippen LogP contribution in [0.4, 0.5) is 4.79 Å². The molecule has 0 saturated carbocycles. The summed E-state index contributed by atoms with van der Waals surface area (Å²) < 4.78 is 22.9. The highest BCUT2D eigenvalue weighted by Crippen LogP contribution is 2.19. The van der Waals surface area contributed by atoms with Crippen molar-refractivity contribution in [2.75, 3.05) is 44.2 Å². The summed E-state index contributed by atoms with van der Waals surface area (Å²) in [6.07, 6.45) is 2.38. The largest absolute Gasteiger partial charge is 0.335 e. The van der Waals surface area contributed by atoms with Gasteiger partial charge in [-0.05, 0) is 6.42 Å². The number of sulfone groups is 1. The zero-order valence-electron chi connectivity index (χ0n) is 11.0. The lowest BCUT2D eigenvalue weighted by Gasteiger charge is -2.37. The summed E-state index contributed by atoms with van der Waals surface area (Å²) in [5, 5.41) is 2.75. The fourth-order valence-corrected chi connectivity index (χ4v) is 4.39. The number of rotatable bonds is 3. The Morgan fingerprint density at radius 1 is 1.32 bits per heavy atom. The van der Waals surface area contributed by atoms with Crippen LogP contribution in [0.15, 0.2) is 12.7 Å². The van der Waals surface area contributed by atoms with Crippen molar-refractivity contribution in [2.24, 2.45) is 0 Å². The van der Waals surface area contributed by atoms with E-state index in [4.69, 9.17) is 0 Å². The number of urea groups is 1. The number of amides is 2. The normalized spacial score (nSPS) is 27.2. The van der Waals surface area contributed by atoms with Crippen LogP contribution in [0.1, 0.15) is 6.42 Å². The molecular weight excluding hydrogens is 266 g/mol. The zero-order chi connectivity index (χ0) is 13.9. The standard InChI is InChI=1S/C12H21N3O3S/c1-2-4-13-12(16)15-7-5-14(6-8-15)11-3-9-19(17,18)10-11/h2,11H,1,3-10H2,(H,13,16). The van der Waals surface area contributed by atoms with Gasteiger partial charge in [-0.15, -0.1) is 6.58 Å². The number of nitrogens with one attached hydrogen (secondary N) is 1. The first kappa shape index (κ1) is 14.3. The minimum Gasteiger partial charge on any atom is -0.335 e. The molecule has 108 valence electrons. The van der Waals surface area contributed by atoms with E-state index in [1.54, 1.807) is 11.0 Å². The van der Waals surface area contributed by atoms with Crippen molar-refractivity contribution in [1.29, 1.82) is 0 Å². The molecule has 7 heteroatoms. The SMILES string of the molecule is C=CCNC(=O)N1CCN(C2CCS(=O)(=O)C2)CC1. The molecule has 0 radical (unpaired) electrons. The van der Waals surface area contributed by atoms with Gasteiger partial charge in [0.1, 0.15) is 0 Å². The molecule has 19 heavy (non-hydrogen) atoms. The van der Waals surface area contributed by atoms with Crippen LogP contribution >= 0.6 is 0 Å². The minimum atomic E-state index is -2.83. The van der Waals surface area contributed by atoms with Crippen molar-refractivity contribution in [2.45, 2.75) is 12.5 Å². The zero-order valence-corrected chi connectivity index (χ0v) is 11.9. The molecule has 1 atom stereocenters. The lowest BCUT2D eigenvalue weighted by molar-refractivity contribution is 0.116. The maximum absolute atomic E-state index is 11.7. The molecular formula is C12H21N3O3S. The van der Waals surface area contributed by atoms with Crippen LogP contribution in [0.2, 0.25) is 0 Å². The predicted octanol–water partition coefficient (Wildman–Crippen LogP) is -0.313. The molecule has 2 fully saturated rings. The Morgan fingerprint density at radius 2 is 2.00 bits per heavy atom. The average molecular weight is 287 g/mol. The van der Waals surface area contributed by atoms with Crippen LogP contribution in [0, 0.1) is 0 Å². The van der Waals surface area contributed by atoms with Gasteiger partial charge in [-0.25, -0.2) is 13.2 Å². The van der Waals surface area contributed by atoms with Crippen LogP contribution in [-0.2, 0) is 9.84 Å². The van der Waals surface area contributed by atoms with Gasteiger partial charge in [-0.2, -0.15) is 0 Å². The Labute approximate surface area is 114 Å². The van der Waals surface area contributed by atoms with E-state index in [0.29, 0.717) is 25.4 Å². The van der Waals surface area contributed by atoms with Crippen molar-refractivity contribution < 1.29 is 13.2 Å². The summed E-state index contributed by atoms with van der Waals surface area (Å²) in [6.45, 7) is 6.84. The van der Waals surface area contributed by atoms with E-state index in [0.717, 1.165) is 19.5 Å². The van der Waals surface area contributed by atoms with Gasteiger partial charge in [0, 0.05) is 38.8 Å². The van der Waals surface area contributed by atoms with Gasteiger partial charge >= 0.3 is 6.03 Å². The van der Waals surface area contributed by atoms with E-state index in [2.05, 4.69) is 16.8 Å². The Morgan fingerprint density at radius 3 is 2.53 bits per heavy atom. The highest BCUT2D eigenvalue weighted by Gasteiger charge is 2.34. The molecule has 2 amide bonds. The number of hydrogen-bond acceptors (Lipinski definition) is 4. The monoisotopic (exact) mass is 287 g/mol. The summed E-state index contributed by atoms with van der Waals surface area (Å²) in [6, 6.07) is 0.0713. The molecule has 2 aliphatic rings. The molecule has 2 heterocycles. The molecule has 0 spiro atoms. The van der Waals surface area contributed by atoms with E-state index < -0.39 is 9.84 Å². The van der Waals surface area contributed by atoms with Gasteiger partial charge < -0.3 is 10.2 Å². The Hall–Kier alpha value is -1.08. The molecule has 2 rings (SSSR count). The molecule has 6 nitrogen and oxygen atoms in total. The van der Waals surface area contributed by atoms with Crippen LogP contribution in [0.5, 0.6) is 0 Å². The molecule has 0 aromatic heterocycles. The molecule has 2 saturated heterocycles. The third kappa shape index (κ3) is 3.70. The first-order valence-electron chi connectivity index (χ1n) is 6.60. The third-order valence-corrected chi connectivity index (χ3v) is 5.47. The topological polar surface area (TPSA) is 69.7 Å². The molecule has 0 aliphatic carbocycles. The quantitative estimate of drug-likeness (QED) is 0.723. The fraction of sp³-hybridized carbons (Fsp3) is 0.750. The van der Waals surface area contributed by atoms with Gasteiger partial charge in [0.25, 0.3) is 0 Å². The van der Waals surface area contributed by atoms with Crippen LogP contribution in [-0.4, -0.2) is 74.5 Å². The number of piperazine rings is 1. The summed E-state index contributed by atoms with van der Waals surface area (Å²) in [5.74, 6) is 0.577. The van der Waals surface area contributed by atoms with Gasteiger partial charge in [-0.1, -0.05) is 6.08 Å². The van der Waals surface area contributed by atoms with Crippen molar-refractivity contribution in [3.05, 3.63) is 12.7 Å². The van der Waals surface area contributed by atoms with Gasteiger partial charge in [0.2, 0.25) is 0 Å². The second-order valence-electron chi connectivity index (χ2n) is 5.05.